The van der Waals surface area contributed by atoms with Gasteiger partial charge in [-0.25, -0.2) is 17.9 Å². The molecule has 1 aliphatic carbocycles. The van der Waals surface area contributed by atoms with Crippen LogP contribution in [0.15, 0.2) is 59.6 Å². The van der Waals surface area contributed by atoms with Gasteiger partial charge in [0.2, 0.25) is 15.9 Å². The van der Waals surface area contributed by atoms with Gasteiger partial charge < -0.3 is 4.90 Å². The van der Waals surface area contributed by atoms with Crippen molar-refractivity contribution in [1.82, 2.24) is 4.98 Å². The van der Waals surface area contributed by atoms with E-state index in [9.17, 15) is 17.6 Å². The Balaban J connectivity index is 1.47. The van der Waals surface area contributed by atoms with E-state index in [1.807, 2.05) is 38.1 Å². The van der Waals surface area contributed by atoms with Crippen LogP contribution in [0.1, 0.15) is 42.4 Å². The number of aromatic nitrogens is 1. The Kier molecular flexibility index (Phi) is 5.10. The van der Waals surface area contributed by atoms with Crippen molar-refractivity contribution in [3.63, 3.8) is 0 Å². The highest BCUT2D eigenvalue weighted by molar-refractivity contribution is 7.89. The summed E-state index contributed by atoms with van der Waals surface area (Å²) in [5, 5.41) is 5.20. The molecule has 2 aromatic carbocycles. The molecule has 1 aromatic heterocycles. The molecule has 3 atom stereocenters. The minimum absolute atomic E-state index is 0.00259. The van der Waals surface area contributed by atoms with Crippen LogP contribution in [-0.2, 0) is 21.2 Å². The van der Waals surface area contributed by atoms with Gasteiger partial charge in [0, 0.05) is 35.8 Å². The molecular formula is C25H24FN3O3S. The number of halogens is 1. The van der Waals surface area contributed by atoms with Crippen LogP contribution in [-0.4, -0.2) is 25.9 Å². The van der Waals surface area contributed by atoms with E-state index in [1.54, 1.807) is 11.1 Å². The molecule has 2 heterocycles. The van der Waals surface area contributed by atoms with Crippen molar-refractivity contribution in [1.29, 1.82) is 0 Å². The van der Waals surface area contributed by atoms with Crippen molar-refractivity contribution in [2.24, 2.45) is 11.1 Å². The molecule has 33 heavy (non-hydrogen) atoms. The highest BCUT2D eigenvalue weighted by Gasteiger charge is 2.41. The van der Waals surface area contributed by atoms with Gasteiger partial charge in [0.05, 0.1) is 5.69 Å². The number of nitrogens with two attached hydrogens (primary N) is 1. The van der Waals surface area contributed by atoms with E-state index >= 15 is 0 Å². The number of anilines is 1. The van der Waals surface area contributed by atoms with E-state index in [4.69, 9.17) is 5.14 Å². The molecule has 0 spiro atoms. The molecule has 0 saturated heterocycles. The fourth-order valence-electron chi connectivity index (χ4n) is 5.14. The van der Waals surface area contributed by atoms with E-state index in [1.165, 1.54) is 12.1 Å². The molecule has 0 fully saturated rings. The maximum atomic E-state index is 14.4. The quantitative estimate of drug-likeness (QED) is 0.634. The Morgan fingerprint density at radius 3 is 2.61 bits per heavy atom. The van der Waals surface area contributed by atoms with Gasteiger partial charge in [-0.2, -0.15) is 0 Å². The van der Waals surface area contributed by atoms with Gasteiger partial charge in [-0.3, -0.25) is 9.78 Å². The van der Waals surface area contributed by atoms with E-state index in [0.29, 0.717) is 24.2 Å². The van der Waals surface area contributed by atoms with Crippen molar-refractivity contribution < 1.29 is 17.6 Å². The van der Waals surface area contributed by atoms with Gasteiger partial charge >= 0.3 is 0 Å². The zero-order chi connectivity index (χ0) is 23.5. The number of hydrogen-bond donors (Lipinski definition) is 1. The number of carbonyl (C=O) groups excluding carboxylic acids is 1. The minimum Gasteiger partial charge on any atom is -0.311 e. The molecule has 1 amide bonds. The molecule has 3 aromatic rings. The summed E-state index contributed by atoms with van der Waals surface area (Å²) in [5.41, 5.74) is 5.17. The molecule has 8 heteroatoms. The standard InChI is InChI=1S/C25H24FN3O3S/c1-14-13-29(23-12-24(33(27,31)32)21(26)11-19(14)23)25(30)20-10-17-9-16(6-7-18(17)15(20)2)22-5-3-4-8-28-22/h3-9,11-12,14-15,20H,10,13H2,1-2H3,(H2,27,31,32)/t14?,15-,20-/m0/s1. The molecule has 5 rings (SSSR count). The second kappa shape index (κ2) is 7.74. The summed E-state index contributed by atoms with van der Waals surface area (Å²) in [6.07, 6.45) is 2.33. The summed E-state index contributed by atoms with van der Waals surface area (Å²) in [6, 6.07) is 14.3. The highest BCUT2D eigenvalue weighted by Crippen LogP contribution is 2.44. The average molecular weight is 466 g/mol. The Labute approximate surface area is 192 Å². The average Bonchev–Trinajstić information content (AvgIpc) is 3.29. The summed E-state index contributed by atoms with van der Waals surface area (Å²) >= 11 is 0. The summed E-state index contributed by atoms with van der Waals surface area (Å²) in [5.74, 6) is -1.37. The summed E-state index contributed by atoms with van der Waals surface area (Å²) in [6.45, 7) is 4.31. The number of benzene rings is 2. The topological polar surface area (TPSA) is 93.4 Å². The van der Waals surface area contributed by atoms with Crippen LogP contribution >= 0.6 is 0 Å². The van der Waals surface area contributed by atoms with E-state index < -0.39 is 20.7 Å². The van der Waals surface area contributed by atoms with Crippen molar-refractivity contribution in [2.45, 2.75) is 37.0 Å². The van der Waals surface area contributed by atoms with Crippen LogP contribution in [0.3, 0.4) is 0 Å². The number of rotatable bonds is 3. The van der Waals surface area contributed by atoms with Crippen LogP contribution in [0.2, 0.25) is 0 Å². The zero-order valence-corrected chi connectivity index (χ0v) is 19.1. The molecule has 2 aliphatic rings. The molecule has 6 nitrogen and oxygen atoms in total. The number of hydrogen-bond acceptors (Lipinski definition) is 4. The largest absolute Gasteiger partial charge is 0.311 e. The van der Waals surface area contributed by atoms with Gasteiger partial charge in [-0.05, 0) is 59.4 Å². The van der Waals surface area contributed by atoms with Gasteiger partial charge in [0.25, 0.3) is 0 Å². The van der Waals surface area contributed by atoms with E-state index in [2.05, 4.69) is 17.1 Å². The summed E-state index contributed by atoms with van der Waals surface area (Å²) in [4.78, 5) is 19.1. The zero-order valence-electron chi connectivity index (χ0n) is 18.3. The number of nitrogens with zero attached hydrogens (tertiary/aromatic N) is 2. The SMILES string of the molecule is CC1CN(C(=O)[C@H]2Cc3cc(-c4ccccn4)ccc3[C@@H]2C)c2cc(S(N)(=O)=O)c(F)cc21. The molecule has 170 valence electrons. The normalized spacial score (nSPS) is 21.7. The first-order chi connectivity index (χ1) is 15.6. The lowest BCUT2D eigenvalue weighted by molar-refractivity contribution is -0.122. The third kappa shape index (κ3) is 3.63. The first-order valence-corrected chi connectivity index (χ1v) is 12.4. The van der Waals surface area contributed by atoms with Crippen molar-refractivity contribution in [3.8, 4) is 11.3 Å². The van der Waals surface area contributed by atoms with Crippen molar-refractivity contribution >= 4 is 21.6 Å². The predicted molar refractivity (Wildman–Crippen MR) is 124 cm³/mol. The minimum atomic E-state index is -4.25. The third-order valence-electron chi connectivity index (χ3n) is 6.89. The molecule has 2 N–H and O–H groups in total. The number of sulfonamides is 1. The van der Waals surface area contributed by atoms with Gasteiger partial charge in [-0.1, -0.05) is 32.0 Å². The fourth-order valence-corrected chi connectivity index (χ4v) is 5.74. The van der Waals surface area contributed by atoms with Crippen LogP contribution < -0.4 is 10.0 Å². The molecule has 1 unspecified atom stereocenters. The highest BCUT2D eigenvalue weighted by atomic mass is 32.2. The smallest absolute Gasteiger partial charge is 0.241 e. The number of fused-ring (bicyclic) bond motifs is 2. The lowest BCUT2D eigenvalue weighted by Gasteiger charge is -2.24. The Bertz CT molecular complexity index is 1380. The second-order valence-corrected chi connectivity index (χ2v) is 10.5. The van der Waals surface area contributed by atoms with Crippen LogP contribution in [0.4, 0.5) is 10.1 Å². The molecule has 0 bridgehead atoms. The van der Waals surface area contributed by atoms with Crippen molar-refractivity contribution in [3.05, 3.63) is 77.2 Å². The predicted octanol–water partition coefficient (Wildman–Crippen LogP) is 3.96. The first-order valence-electron chi connectivity index (χ1n) is 10.9. The number of pyridine rings is 1. The van der Waals surface area contributed by atoms with Crippen LogP contribution in [0, 0.1) is 11.7 Å². The lowest BCUT2D eigenvalue weighted by Crippen LogP contribution is -2.36. The van der Waals surface area contributed by atoms with Gasteiger partial charge in [0.1, 0.15) is 10.7 Å². The number of amides is 1. The summed E-state index contributed by atoms with van der Waals surface area (Å²) in [7, 11) is -4.25. The number of carbonyl (C=O) groups is 1. The third-order valence-corrected chi connectivity index (χ3v) is 7.81. The monoisotopic (exact) mass is 465 g/mol. The van der Waals surface area contributed by atoms with E-state index in [-0.39, 0.29) is 23.7 Å². The number of primary sulfonamides is 1. The Morgan fingerprint density at radius 2 is 1.91 bits per heavy atom. The maximum absolute atomic E-state index is 14.4. The Hall–Kier alpha value is -3.10. The van der Waals surface area contributed by atoms with Crippen LogP contribution in [0.5, 0.6) is 0 Å². The van der Waals surface area contributed by atoms with E-state index in [0.717, 1.165) is 22.4 Å². The van der Waals surface area contributed by atoms with Gasteiger partial charge in [0.15, 0.2) is 0 Å². The first kappa shape index (κ1) is 21.7. The molecule has 0 saturated carbocycles. The maximum Gasteiger partial charge on any atom is 0.241 e. The molecule has 0 radical (unpaired) electrons. The lowest BCUT2D eigenvalue weighted by atomic mass is 9.93. The Morgan fingerprint density at radius 1 is 1.12 bits per heavy atom. The molecular weight excluding hydrogens is 441 g/mol. The van der Waals surface area contributed by atoms with Gasteiger partial charge in [-0.15, -0.1) is 0 Å². The fraction of sp³-hybridized carbons (Fsp3) is 0.280. The second-order valence-electron chi connectivity index (χ2n) is 8.96. The van der Waals surface area contributed by atoms with Crippen LogP contribution in [0.25, 0.3) is 11.3 Å². The van der Waals surface area contributed by atoms with Crippen molar-refractivity contribution in [2.75, 3.05) is 11.4 Å². The summed E-state index contributed by atoms with van der Waals surface area (Å²) < 4.78 is 38.1. The molecule has 1 aliphatic heterocycles.